The van der Waals surface area contributed by atoms with Crippen LogP contribution in [0.2, 0.25) is 0 Å². The highest BCUT2D eigenvalue weighted by molar-refractivity contribution is 5.95. The summed E-state index contributed by atoms with van der Waals surface area (Å²) < 4.78 is 0. The molecule has 4 rings (SSSR count). The van der Waals surface area contributed by atoms with E-state index in [1.807, 2.05) is 0 Å². The maximum Gasteiger partial charge on any atom is 0.257 e. The van der Waals surface area contributed by atoms with Gasteiger partial charge in [-0.1, -0.05) is 32.1 Å². The van der Waals surface area contributed by atoms with Crippen molar-refractivity contribution in [2.75, 3.05) is 26.2 Å². The van der Waals surface area contributed by atoms with Crippen molar-refractivity contribution in [3.05, 3.63) is 17.5 Å². The molecule has 3 fully saturated rings. The van der Waals surface area contributed by atoms with Gasteiger partial charge in [-0.2, -0.15) is 5.10 Å². The van der Waals surface area contributed by atoms with Crippen LogP contribution in [-0.4, -0.2) is 58.1 Å². The highest BCUT2D eigenvalue weighted by Crippen LogP contribution is 2.33. The lowest BCUT2D eigenvalue weighted by Crippen LogP contribution is -2.38. The maximum atomic E-state index is 13.2. The van der Waals surface area contributed by atoms with Crippen molar-refractivity contribution in [3.63, 3.8) is 0 Å². The molecule has 1 aromatic heterocycles. The molecule has 0 radical (unpaired) electrons. The lowest BCUT2D eigenvalue weighted by atomic mass is 9.85. The number of carbonyl (C=O) groups excluding carboxylic acids is 1. The first-order chi connectivity index (χ1) is 12.3. The van der Waals surface area contributed by atoms with Gasteiger partial charge >= 0.3 is 0 Å². The van der Waals surface area contributed by atoms with Gasteiger partial charge in [0.05, 0.1) is 17.5 Å². The van der Waals surface area contributed by atoms with Crippen molar-refractivity contribution in [2.45, 2.75) is 76.2 Å². The first kappa shape index (κ1) is 17.1. The minimum Gasteiger partial charge on any atom is -0.337 e. The number of aromatic amines is 1. The molecule has 0 aromatic carbocycles. The summed E-state index contributed by atoms with van der Waals surface area (Å²) in [5.41, 5.74) is 1.93. The van der Waals surface area contributed by atoms with Gasteiger partial charge < -0.3 is 4.90 Å². The number of hydrogen-bond acceptors (Lipinski definition) is 3. The fraction of sp³-hybridized carbons (Fsp3) is 0.800. The number of nitrogens with zero attached hydrogens (tertiary/aromatic N) is 3. The topological polar surface area (TPSA) is 52.2 Å². The lowest BCUT2D eigenvalue weighted by Gasteiger charge is -2.27. The first-order valence-electron chi connectivity index (χ1n) is 10.4. The Hall–Kier alpha value is -1.36. The van der Waals surface area contributed by atoms with Gasteiger partial charge in [0.1, 0.15) is 0 Å². The number of hydrogen-bond donors (Lipinski definition) is 1. The van der Waals surface area contributed by atoms with Crippen LogP contribution in [0.25, 0.3) is 0 Å². The summed E-state index contributed by atoms with van der Waals surface area (Å²) in [5.74, 6) is 0.694. The summed E-state index contributed by atoms with van der Waals surface area (Å²) in [6.45, 7) is 3.93. The van der Waals surface area contributed by atoms with E-state index >= 15 is 0 Å². The van der Waals surface area contributed by atoms with Gasteiger partial charge in [0.25, 0.3) is 5.91 Å². The Morgan fingerprint density at radius 3 is 2.48 bits per heavy atom. The molecule has 2 saturated carbocycles. The van der Waals surface area contributed by atoms with Crippen LogP contribution in [0.15, 0.2) is 6.20 Å². The second-order valence-electron chi connectivity index (χ2n) is 8.15. The van der Waals surface area contributed by atoms with E-state index in [0.717, 1.165) is 49.9 Å². The van der Waals surface area contributed by atoms with Gasteiger partial charge in [0.2, 0.25) is 0 Å². The van der Waals surface area contributed by atoms with Gasteiger partial charge in [-0.3, -0.25) is 14.8 Å². The monoisotopic (exact) mass is 344 g/mol. The molecule has 2 aliphatic carbocycles. The third-order valence-electron chi connectivity index (χ3n) is 6.57. The van der Waals surface area contributed by atoms with E-state index in [-0.39, 0.29) is 5.91 Å². The van der Waals surface area contributed by atoms with E-state index in [0.29, 0.717) is 5.92 Å². The number of amides is 1. The molecule has 0 unspecified atom stereocenters. The predicted octanol–water partition coefficient (Wildman–Crippen LogP) is 3.55. The standard InChI is InChI=1S/C20H32N4O/c25-20(18-15-21-22-19(18)16-7-2-1-3-8-16)24-12-6-11-23(13-14-24)17-9-4-5-10-17/h15-17H,1-14H2,(H,21,22). The van der Waals surface area contributed by atoms with Crippen LogP contribution in [0.1, 0.15) is 86.2 Å². The Kier molecular flexibility index (Phi) is 5.39. The molecular weight excluding hydrogens is 312 g/mol. The fourth-order valence-corrected chi connectivity index (χ4v) is 5.11. The summed E-state index contributed by atoms with van der Waals surface area (Å²) in [4.78, 5) is 17.9. The molecule has 5 nitrogen and oxygen atoms in total. The average molecular weight is 345 g/mol. The molecule has 1 saturated heterocycles. The Balaban J connectivity index is 1.41. The second kappa shape index (κ2) is 7.90. The van der Waals surface area contributed by atoms with Crippen LogP contribution in [0, 0.1) is 0 Å². The van der Waals surface area contributed by atoms with Crippen LogP contribution < -0.4 is 0 Å². The Morgan fingerprint density at radius 2 is 1.68 bits per heavy atom. The predicted molar refractivity (Wildman–Crippen MR) is 98.8 cm³/mol. The molecule has 1 N–H and O–H groups in total. The first-order valence-corrected chi connectivity index (χ1v) is 10.4. The number of H-pyrrole nitrogens is 1. The number of carbonyl (C=O) groups is 1. The zero-order chi connectivity index (χ0) is 17.1. The van der Waals surface area contributed by atoms with Gasteiger partial charge in [0, 0.05) is 38.1 Å². The third-order valence-corrected chi connectivity index (χ3v) is 6.57. The summed E-state index contributed by atoms with van der Waals surface area (Å²) in [5, 5.41) is 7.39. The van der Waals surface area contributed by atoms with E-state index in [9.17, 15) is 4.79 Å². The van der Waals surface area contributed by atoms with E-state index in [2.05, 4.69) is 20.0 Å². The quantitative estimate of drug-likeness (QED) is 0.912. The molecule has 2 heterocycles. The van der Waals surface area contributed by atoms with Crippen molar-refractivity contribution in [2.24, 2.45) is 0 Å². The molecule has 5 heteroatoms. The molecular formula is C20H32N4O. The van der Waals surface area contributed by atoms with Crippen molar-refractivity contribution in [3.8, 4) is 0 Å². The van der Waals surface area contributed by atoms with Crippen LogP contribution >= 0.6 is 0 Å². The molecule has 1 aliphatic heterocycles. The molecule has 0 atom stereocenters. The van der Waals surface area contributed by atoms with Gasteiger partial charge in [-0.25, -0.2) is 0 Å². The summed E-state index contributed by atoms with van der Waals surface area (Å²) in [6, 6.07) is 0.766. The number of nitrogens with one attached hydrogen (secondary N) is 1. The SMILES string of the molecule is O=C(c1cn[nH]c1C1CCCCC1)N1CCCN(C2CCCC2)CC1. The van der Waals surface area contributed by atoms with Crippen LogP contribution in [0.3, 0.4) is 0 Å². The Morgan fingerprint density at radius 1 is 0.920 bits per heavy atom. The fourth-order valence-electron chi connectivity index (χ4n) is 5.11. The van der Waals surface area contributed by atoms with Crippen molar-refractivity contribution in [1.29, 1.82) is 0 Å². The minimum absolute atomic E-state index is 0.197. The third kappa shape index (κ3) is 3.76. The molecule has 1 amide bonds. The van der Waals surface area contributed by atoms with Crippen LogP contribution in [0.4, 0.5) is 0 Å². The van der Waals surface area contributed by atoms with E-state index < -0.39 is 0 Å². The summed E-state index contributed by atoms with van der Waals surface area (Å²) in [7, 11) is 0. The normalized spacial score (nSPS) is 24.6. The smallest absolute Gasteiger partial charge is 0.257 e. The Labute approximate surface area is 151 Å². The maximum absolute atomic E-state index is 13.2. The van der Waals surface area contributed by atoms with Crippen molar-refractivity contribution in [1.82, 2.24) is 20.0 Å². The highest BCUT2D eigenvalue weighted by atomic mass is 16.2. The Bertz CT molecular complexity index is 572. The van der Waals surface area contributed by atoms with E-state index in [1.165, 1.54) is 57.8 Å². The van der Waals surface area contributed by atoms with Gasteiger partial charge in [0.15, 0.2) is 0 Å². The van der Waals surface area contributed by atoms with Crippen LogP contribution in [0.5, 0.6) is 0 Å². The molecule has 0 bridgehead atoms. The van der Waals surface area contributed by atoms with Crippen LogP contribution in [-0.2, 0) is 0 Å². The molecule has 1 aromatic rings. The molecule has 3 aliphatic rings. The zero-order valence-corrected chi connectivity index (χ0v) is 15.4. The second-order valence-corrected chi connectivity index (χ2v) is 8.15. The average Bonchev–Trinajstić information content (AvgIpc) is 3.30. The van der Waals surface area contributed by atoms with Gasteiger partial charge in [-0.15, -0.1) is 0 Å². The lowest BCUT2D eigenvalue weighted by molar-refractivity contribution is 0.0756. The van der Waals surface area contributed by atoms with Crippen molar-refractivity contribution < 1.29 is 4.79 Å². The summed E-state index contributed by atoms with van der Waals surface area (Å²) >= 11 is 0. The minimum atomic E-state index is 0.197. The highest BCUT2D eigenvalue weighted by Gasteiger charge is 2.29. The van der Waals surface area contributed by atoms with E-state index in [1.54, 1.807) is 6.20 Å². The summed E-state index contributed by atoms with van der Waals surface area (Å²) in [6.07, 6.45) is 14.6. The van der Waals surface area contributed by atoms with E-state index in [4.69, 9.17) is 0 Å². The number of aromatic nitrogens is 2. The number of rotatable bonds is 3. The van der Waals surface area contributed by atoms with Gasteiger partial charge in [-0.05, 0) is 32.1 Å². The largest absolute Gasteiger partial charge is 0.337 e. The molecule has 0 spiro atoms. The van der Waals surface area contributed by atoms with Crippen molar-refractivity contribution >= 4 is 5.91 Å². The zero-order valence-electron chi connectivity index (χ0n) is 15.4. The molecule has 138 valence electrons. The molecule has 25 heavy (non-hydrogen) atoms.